The maximum atomic E-state index is 12.9. The highest BCUT2D eigenvalue weighted by Crippen LogP contribution is 2.33. The number of hydrogen-bond acceptors (Lipinski definition) is 5. The Labute approximate surface area is 146 Å². The van der Waals surface area contributed by atoms with Crippen LogP contribution in [0.5, 0.6) is 5.75 Å². The Morgan fingerprint density at radius 1 is 1.28 bits per heavy atom. The second kappa shape index (κ2) is 7.01. The molecular formula is C19H22N2O4. The first-order valence-electron chi connectivity index (χ1n) is 8.32. The number of aryl methyl sites for hydroxylation is 1. The minimum Gasteiger partial charge on any atom is -0.476 e. The fourth-order valence-electron chi connectivity index (χ4n) is 3.12. The Hall–Kier alpha value is -2.76. The predicted octanol–water partition coefficient (Wildman–Crippen LogP) is 2.59. The topological polar surface area (TPSA) is 63.0 Å². The average molecular weight is 342 g/mol. The quantitative estimate of drug-likeness (QED) is 0.858. The van der Waals surface area contributed by atoms with Gasteiger partial charge in [-0.1, -0.05) is 12.1 Å². The van der Waals surface area contributed by atoms with E-state index in [9.17, 15) is 9.59 Å². The maximum absolute atomic E-state index is 12.9. The van der Waals surface area contributed by atoms with Crippen molar-refractivity contribution in [3.8, 4) is 5.75 Å². The molecule has 0 saturated heterocycles. The van der Waals surface area contributed by atoms with Crippen LogP contribution in [0.3, 0.4) is 0 Å². The summed E-state index contributed by atoms with van der Waals surface area (Å²) in [6.45, 7) is 4.32. The Kier molecular flexibility index (Phi) is 4.79. The van der Waals surface area contributed by atoms with E-state index in [1.165, 1.54) is 12.3 Å². The van der Waals surface area contributed by atoms with Gasteiger partial charge in [-0.15, -0.1) is 0 Å². The van der Waals surface area contributed by atoms with Crippen molar-refractivity contribution in [2.45, 2.75) is 26.3 Å². The van der Waals surface area contributed by atoms with Crippen LogP contribution in [-0.2, 0) is 4.79 Å². The SMILES string of the molecule is Cc1occc(=O)c1OCC(=O)N1c2ccccc2N(C)CCC1C. The molecule has 6 nitrogen and oxygen atoms in total. The summed E-state index contributed by atoms with van der Waals surface area (Å²) in [7, 11) is 2.02. The van der Waals surface area contributed by atoms with Gasteiger partial charge in [-0.3, -0.25) is 9.59 Å². The lowest BCUT2D eigenvalue weighted by Gasteiger charge is -2.28. The molecule has 1 aliphatic rings. The van der Waals surface area contributed by atoms with Crippen LogP contribution < -0.4 is 20.0 Å². The van der Waals surface area contributed by atoms with Gasteiger partial charge in [0, 0.05) is 25.7 Å². The molecule has 2 heterocycles. The van der Waals surface area contributed by atoms with Gasteiger partial charge in [0.05, 0.1) is 17.6 Å². The molecule has 0 bridgehead atoms. The summed E-state index contributed by atoms with van der Waals surface area (Å²) in [6.07, 6.45) is 2.17. The molecule has 2 aromatic rings. The molecule has 1 atom stereocenters. The third-order valence-corrected chi connectivity index (χ3v) is 4.49. The summed E-state index contributed by atoms with van der Waals surface area (Å²) in [6, 6.07) is 9.14. The van der Waals surface area contributed by atoms with Crippen LogP contribution in [-0.4, -0.2) is 32.1 Å². The van der Waals surface area contributed by atoms with E-state index in [0.29, 0.717) is 5.76 Å². The first-order valence-corrected chi connectivity index (χ1v) is 8.32. The molecule has 1 aromatic heterocycles. The first-order chi connectivity index (χ1) is 12.0. The molecule has 0 spiro atoms. The normalized spacial score (nSPS) is 17.0. The molecular weight excluding hydrogens is 320 g/mol. The van der Waals surface area contributed by atoms with Crippen LogP contribution in [0.4, 0.5) is 11.4 Å². The number of hydrogen-bond donors (Lipinski definition) is 0. The molecule has 0 saturated carbocycles. The highest BCUT2D eigenvalue weighted by atomic mass is 16.5. The lowest BCUT2D eigenvalue weighted by Crippen LogP contribution is -2.41. The van der Waals surface area contributed by atoms with E-state index in [4.69, 9.17) is 9.15 Å². The largest absolute Gasteiger partial charge is 0.476 e. The smallest absolute Gasteiger partial charge is 0.265 e. The van der Waals surface area contributed by atoms with E-state index in [0.717, 1.165) is 24.3 Å². The van der Waals surface area contributed by atoms with Gasteiger partial charge in [0.2, 0.25) is 11.2 Å². The zero-order chi connectivity index (χ0) is 18.0. The van der Waals surface area contributed by atoms with Crippen molar-refractivity contribution in [3.05, 3.63) is 52.6 Å². The summed E-state index contributed by atoms with van der Waals surface area (Å²) in [5.41, 5.74) is 1.58. The van der Waals surface area contributed by atoms with Gasteiger partial charge < -0.3 is 19.0 Å². The van der Waals surface area contributed by atoms with Gasteiger partial charge >= 0.3 is 0 Å². The summed E-state index contributed by atoms with van der Waals surface area (Å²) >= 11 is 0. The van der Waals surface area contributed by atoms with Crippen LogP contribution in [0.15, 0.2) is 45.8 Å². The monoisotopic (exact) mass is 342 g/mol. The molecule has 0 radical (unpaired) electrons. The van der Waals surface area contributed by atoms with E-state index in [1.807, 2.05) is 38.2 Å². The van der Waals surface area contributed by atoms with E-state index >= 15 is 0 Å². The molecule has 132 valence electrons. The Morgan fingerprint density at radius 3 is 2.72 bits per heavy atom. The van der Waals surface area contributed by atoms with Crippen molar-refractivity contribution in [3.63, 3.8) is 0 Å². The van der Waals surface area contributed by atoms with Gasteiger partial charge in [-0.2, -0.15) is 0 Å². The van der Waals surface area contributed by atoms with Crippen molar-refractivity contribution in [1.29, 1.82) is 0 Å². The van der Waals surface area contributed by atoms with Gasteiger partial charge in [0.15, 0.2) is 6.61 Å². The van der Waals surface area contributed by atoms with Gasteiger partial charge in [0.25, 0.3) is 5.91 Å². The lowest BCUT2D eigenvalue weighted by molar-refractivity contribution is -0.121. The number of benzene rings is 1. The summed E-state index contributed by atoms with van der Waals surface area (Å²) in [4.78, 5) is 28.7. The molecule has 0 fully saturated rings. The molecule has 3 rings (SSSR count). The summed E-state index contributed by atoms with van der Waals surface area (Å²) < 4.78 is 10.7. The molecule has 1 aromatic carbocycles. The van der Waals surface area contributed by atoms with Crippen molar-refractivity contribution in [1.82, 2.24) is 0 Å². The van der Waals surface area contributed by atoms with Crippen molar-refractivity contribution in [2.75, 3.05) is 30.0 Å². The van der Waals surface area contributed by atoms with Crippen molar-refractivity contribution < 1.29 is 13.9 Å². The second-order valence-corrected chi connectivity index (χ2v) is 6.27. The number of rotatable bonds is 3. The number of carbonyl (C=O) groups excluding carboxylic acids is 1. The lowest BCUT2D eigenvalue weighted by atomic mass is 10.2. The van der Waals surface area contributed by atoms with Crippen LogP contribution in [0.2, 0.25) is 0 Å². The van der Waals surface area contributed by atoms with Gasteiger partial charge in [-0.05, 0) is 32.4 Å². The number of amides is 1. The number of para-hydroxylation sites is 2. The molecule has 0 N–H and O–H groups in total. The van der Waals surface area contributed by atoms with Gasteiger partial charge in [0.1, 0.15) is 5.76 Å². The molecule has 1 unspecified atom stereocenters. The molecule has 1 amide bonds. The minimum atomic E-state index is -0.291. The Bertz CT molecular complexity index is 830. The highest BCUT2D eigenvalue weighted by Gasteiger charge is 2.28. The number of anilines is 2. The van der Waals surface area contributed by atoms with Crippen LogP contribution in [0.1, 0.15) is 19.1 Å². The number of nitrogens with zero attached hydrogens (tertiary/aromatic N) is 2. The Balaban J connectivity index is 1.85. The zero-order valence-corrected chi connectivity index (χ0v) is 14.7. The van der Waals surface area contributed by atoms with E-state index in [2.05, 4.69) is 4.90 Å². The predicted molar refractivity (Wildman–Crippen MR) is 96.5 cm³/mol. The molecule has 25 heavy (non-hydrogen) atoms. The number of ether oxygens (including phenoxy) is 1. The molecule has 1 aliphatic heterocycles. The third kappa shape index (κ3) is 3.38. The van der Waals surface area contributed by atoms with Crippen LogP contribution >= 0.6 is 0 Å². The average Bonchev–Trinajstić information content (AvgIpc) is 2.71. The number of carbonyl (C=O) groups is 1. The minimum absolute atomic E-state index is 0.0375. The fourth-order valence-corrected chi connectivity index (χ4v) is 3.12. The maximum Gasteiger partial charge on any atom is 0.265 e. The molecule has 0 aliphatic carbocycles. The summed E-state index contributed by atoms with van der Waals surface area (Å²) in [5.74, 6) is 0.269. The van der Waals surface area contributed by atoms with E-state index in [1.54, 1.807) is 11.8 Å². The van der Waals surface area contributed by atoms with Crippen LogP contribution in [0.25, 0.3) is 0 Å². The van der Waals surface area contributed by atoms with Crippen molar-refractivity contribution >= 4 is 17.3 Å². The summed E-state index contributed by atoms with van der Waals surface area (Å²) in [5, 5.41) is 0. The fraction of sp³-hybridized carbons (Fsp3) is 0.368. The first kappa shape index (κ1) is 17.1. The van der Waals surface area contributed by atoms with E-state index < -0.39 is 0 Å². The van der Waals surface area contributed by atoms with Gasteiger partial charge in [-0.25, -0.2) is 0 Å². The number of fused-ring (bicyclic) bond motifs is 1. The molecule has 6 heteroatoms. The Morgan fingerprint density at radius 2 is 2.00 bits per heavy atom. The zero-order valence-electron chi connectivity index (χ0n) is 14.7. The van der Waals surface area contributed by atoms with Crippen LogP contribution in [0, 0.1) is 6.92 Å². The second-order valence-electron chi connectivity index (χ2n) is 6.27. The highest BCUT2D eigenvalue weighted by molar-refractivity contribution is 5.98. The third-order valence-electron chi connectivity index (χ3n) is 4.49. The van der Waals surface area contributed by atoms with Crippen molar-refractivity contribution in [2.24, 2.45) is 0 Å². The van der Waals surface area contributed by atoms with E-state index in [-0.39, 0.29) is 29.7 Å². The standard InChI is InChI=1S/C19H22N2O4/c1-13-8-10-20(3)15-6-4-5-7-16(15)21(13)18(23)12-25-19-14(2)24-11-9-17(19)22/h4-7,9,11,13H,8,10,12H2,1-3H3.